The molecule has 0 aromatic heterocycles. The van der Waals surface area contributed by atoms with Crippen LogP contribution in [0, 0.1) is 18.8 Å². The maximum atomic E-state index is 12.4. The topological polar surface area (TPSA) is 37.4 Å². The molecule has 0 spiro atoms. The van der Waals surface area contributed by atoms with E-state index in [-0.39, 0.29) is 23.7 Å². The van der Waals surface area contributed by atoms with Crippen molar-refractivity contribution in [3.05, 3.63) is 40.4 Å². The summed E-state index contributed by atoms with van der Waals surface area (Å²) in [4.78, 5) is 26.2. The molecule has 1 saturated heterocycles. The van der Waals surface area contributed by atoms with Gasteiger partial charge in [0, 0.05) is 4.47 Å². The second kappa shape index (κ2) is 4.60. The van der Waals surface area contributed by atoms with Gasteiger partial charge >= 0.3 is 0 Å². The molecular formula is C15H14BrNO2. The van der Waals surface area contributed by atoms with Crippen LogP contribution < -0.4 is 4.90 Å². The van der Waals surface area contributed by atoms with E-state index in [9.17, 15) is 9.59 Å². The molecule has 1 aliphatic heterocycles. The van der Waals surface area contributed by atoms with Gasteiger partial charge in [-0.25, -0.2) is 4.90 Å². The second-order valence-electron chi connectivity index (χ2n) is 5.15. The molecular weight excluding hydrogens is 306 g/mol. The molecule has 0 N–H and O–H groups in total. The van der Waals surface area contributed by atoms with E-state index in [0.717, 1.165) is 10.0 Å². The molecule has 0 saturated carbocycles. The van der Waals surface area contributed by atoms with Gasteiger partial charge in [0.15, 0.2) is 0 Å². The zero-order valence-corrected chi connectivity index (χ0v) is 12.2. The predicted octanol–water partition coefficient (Wildman–Crippen LogP) is 3.21. The highest BCUT2D eigenvalue weighted by Crippen LogP contribution is 2.38. The van der Waals surface area contributed by atoms with Crippen LogP contribution >= 0.6 is 15.9 Å². The molecule has 1 heterocycles. The van der Waals surface area contributed by atoms with Gasteiger partial charge in [-0.2, -0.15) is 0 Å². The van der Waals surface area contributed by atoms with Crippen LogP contribution in [0.15, 0.2) is 34.8 Å². The van der Waals surface area contributed by atoms with Crippen molar-refractivity contribution < 1.29 is 9.59 Å². The largest absolute Gasteiger partial charge is 0.274 e. The highest BCUT2D eigenvalue weighted by Gasteiger charge is 2.47. The molecule has 19 heavy (non-hydrogen) atoms. The Morgan fingerprint density at radius 3 is 2.16 bits per heavy atom. The number of allylic oxidation sites excluding steroid dienone is 2. The average molecular weight is 320 g/mol. The number of amides is 2. The van der Waals surface area contributed by atoms with Gasteiger partial charge in [-0.3, -0.25) is 9.59 Å². The van der Waals surface area contributed by atoms with Gasteiger partial charge in [-0.05, 0) is 43.5 Å². The van der Waals surface area contributed by atoms with Crippen LogP contribution in [0.2, 0.25) is 0 Å². The van der Waals surface area contributed by atoms with Gasteiger partial charge in [0.25, 0.3) is 0 Å². The number of anilines is 1. The number of benzene rings is 1. The highest BCUT2D eigenvalue weighted by atomic mass is 79.9. The van der Waals surface area contributed by atoms with E-state index in [1.807, 2.05) is 37.3 Å². The number of hydrogen-bond donors (Lipinski definition) is 0. The van der Waals surface area contributed by atoms with Gasteiger partial charge in [-0.15, -0.1) is 0 Å². The van der Waals surface area contributed by atoms with Crippen LogP contribution in [-0.2, 0) is 9.59 Å². The van der Waals surface area contributed by atoms with E-state index in [1.165, 1.54) is 4.90 Å². The fourth-order valence-electron chi connectivity index (χ4n) is 2.90. The third kappa shape index (κ3) is 2.04. The molecule has 2 aliphatic rings. The first-order valence-electron chi connectivity index (χ1n) is 6.38. The lowest BCUT2D eigenvalue weighted by atomic mass is 9.85. The van der Waals surface area contributed by atoms with E-state index >= 15 is 0 Å². The van der Waals surface area contributed by atoms with Crippen LogP contribution in [0.3, 0.4) is 0 Å². The van der Waals surface area contributed by atoms with Gasteiger partial charge in [-0.1, -0.05) is 28.1 Å². The monoisotopic (exact) mass is 319 g/mol. The molecule has 1 fully saturated rings. The Hall–Kier alpha value is -1.42. The summed E-state index contributed by atoms with van der Waals surface area (Å²) in [7, 11) is 0. The number of carbonyl (C=O) groups is 2. The Morgan fingerprint density at radius 2 is 1.63 bits per heavy atom. The maximum Gasteiger partial charge on any atom is 0.238 e. The molecule has 3 rings (SSSR count). The Morgan fingerprint density at radius 1 is 1.05 bits per heavy atom. The van der Waals surface area contributed by atoms with Crippen molar-refractivity contribution in [3.63, 3.8) is 0 Å². The number of rotatable bonds is 1. The first-order valence-corrected chi connectivity index (χ1v) is 7.17. The van der Waals surface area contributed by atoms with Crippen LogP contribution in [0.5, 0.6) is 0 Å². The minimum Gasteiger partial charge on any atom is -0.274 e. The molecule has 0 bridgehead atoms. The van der Waals surface area contributed by atoms with Crippen molar-refractivity contribution in [3.8, 4) is 0 Å². The quantitative estimate of drug-likeness (QED) is 0.588. The van der Waals surface area contributed by atoms with Gasteiger partial charge in [0.05, 0.1) is 17.5 Å². The number of hydrogen-bond acceptors (Lipinski definition) is 2. The smallest absolute Gasteiger partial charge is 0.238 e. The zero-order chi connectivity index (χ0) is 13.6. The summed E-state index contributed by atoms with van der Waals surface area (Å²) in [5, 5.41) is 0. The predicted molar refractivity (Wildman–Crippen MR) is 76.7 cm³/mol. The van der Waals surface area contributed by atoms with Crippen LogP contribution in [0.25, 0.3) is 0 Å². The Bertz CT molecular complexity index is 548. The Balaban J connectivity index is 2.01. The molecule has 1 aliphatic carbocycles. The first kappa shape index (κ1) is 12.6. The zero-order valence-electron chi connectivity index (χ0n) is 10.6. The molecule has 4 heteroatoms. The van der Waals surface area contributed by atoms with E-state index in [1.54, 1.807) is 0 Å². The van der Waals surface area contributed by atoms with Gasteiger partial charge in [0.1, 0.15) is 0 Å². The molecule has 2 amide bonds. The summed E-state index contributed by atoms with van der Waals surface area (Å²) in [6.07, 6.45) is 5.36. The van der Waals surface area contributed by atoms with Gasteiger partial charge < -0.3 is 0 Å². The van der Waals surface area contributed by atoms with Gasteiger partial charge in [0.2, 0.25) is 11.8 Å². The summed E-state index contributed by atoms with van der Waals surface area (Å²) in [5.74, 6) is -0.456. The van der Waals surface area contributed by atoms with Crippen molar-refractivity contribution >= 4 is 33.4 Å². The Labute approximate surface area is 120 Å². The summed E-state index contributed by atoms with van der Waals surface area (Å²) < 4.78 is 0.885. The number of halogens is 1. The lowest BCUT2D eigenvalue weighted by Crippen LogP contribution is -2.30. The van der Waals surface area contributed by atoms with E-state index in [0.29, 0.717) is 18.5 Å². The maximum absolute atomic E-state index is 12.4. The number of fused-ring (bicyclic) bond motifs is 1. The highest BCUT2D eigenvalue weighted by molar-refractivity contribution is 9.10. The molecule has 0 radical (unpaired) electrons. The standard InChI is InChI=1S/C15H14BrNO2/c1-9-6-10(16)8-11(7-9)17-14(18)12-4-2-3-5-13(12)15(17)19/h2-3,6-8,12-13H,4-5H2,1H3. The first-order chi connectivity index (χ1) is 9.08. The SMILES string of the molecule is Cc1cc(Br)cc(N2C(=O)C3CC=CCC3C2=O)c1. The molecule has 3 nitrogen and oxygen atoms in total. The van der Waals surface area contributed by atoms with E-state index in [4.69, 9.17) is 0 Å². The minimum absolute atomic E-state index is 0.0585. The molecule has 2 unspecified atom stereocenters. The third-order valence-electron chi connectivity index (χ3n) is 3.79. The summed E-state index contributed by atoms with van der Waals surface area (Å²) in [6.45, 7) is 1.95. The number of imide groups is 1. The minimum atomic E-state index is -0.170. The lowest BCUT2D eigenvalue weighted by molar-refractivity contribution is -0.122. The van der Waals surface area contributed by atoms with Crippen LogP contribution in [0.1, 0.15) is 18.4 Å². The number of carbonyl (C=O) groups excluding carboxylic acids is 2. The lowest BCUT2D eigenvalue weighted by Gasteiger charge is -2.15. The van der Waals surface area contributed by atoms with E-state index in [2.05, 4.69) is 15.9 Å². The molecule has 2 atom stereocenters. The molecule has 98 valence electrons. The number of aryl methyl sites for hydroxylation is 1. The van der Waals surface area contributed by atoms with Crippen LogP contribution in [-0.4, -0.2) is 11.8 Å². The van der Waals surface area contributed by atoms with E-state index < -0.39 is 0 Å². The molecule has 1 aromatic carbocycles. The fraction of sp³-hybridized carbons (Fsp3) is 0.333. The Kier molecular flexibility index (Phi) is 3.05. The second-order valence-corrected chi connectivity index (χ2v) is 6.07. The normalized spacial score (nSPS) is 25.9. The average Bonchev–Trinajstić information content (AvgIpc) is 2.61. The summed E-state index contributed by atoms with van der Waals surface area (Å²) in [5.41, 5.74) is 1.70. The summed E-state index contributed by atoms with van der Waals surface area (Å²) >= 11 is 3.42. The van der Waals surface area contributed by atoms with Crippen molar-refractivity contribution in [2.75, 3.05) is 4.90 Å². The number of nitrogens with zero attached hydrogens (tertiary/aromatic N) is 1. The third-order valence-corrected chi connectivity index (χ3v) is 4.25. The fourth-order valence-corrected chi connectivity index (χ4v) is 3.50. The van der Waals surface area contributed by atoms with Crippen molar-refractivity contribution in [2.45, 2.75) is 19.8 Å². The summed E-state index contributed by atoms with van der Waals surface area (Å²) in [6, 6.07) is 5.67. The molecule has 1 aromatic rings. The van der Waals surface area contributed by atoms with Crippen molar-refractivity contribution in [1.82, 2.24) is 0 Å². The van der Waals surface area contributed by atoms with Crippen molar-refractivity contribution in [1.29, 1.82) is 0 Å². The van der Waals surface area contributed by atoms with Crippen molar-refractivity contribution in [2.24, 2.45) is 11.8 Å². The van der Waals surface area contributed by atoms with Crippen LogP contribution in [0.4, 0.5) is 5.69 Å².